The Kier molecular flexibility index (Phi) is 6.76. The number of benzene rings is 2. The van der Waals surface area contributed by atoms with Gasteiger partial charge < -0.3 is 10.6 Å². The van der Waals surface area contributed by atoms with Crippen molar-refractivity contribution in [2.45, 2.75) is 11.4 Å². The largest absolute Gasteiger partial charge is 0.322 e. The second-order valence-electron chi connectivity index (χ2n) is 6.30. The molecule has 1 heterocycles. The topological polar surface area (TPSA) is 105 Å². The Labute approximate surface area is 177 Å². The van der Waals surface area contributed by atoms with Gasteiger partial charge in [0.2, 0.25) is 6.54 Å². The maximum absolute atomic E-state index is 12.5. The Morgan fingerprint density at radius 3 is 2.27 bits per heavy atom. The molecule has 0 spiro atoms. The summed E-state index contributed by atoms with van der Waals surface area (Å²) in [6.45, 7) is -0.0134. The first kappa shape index (κ1) is 21.0. The van der Waals surface area contributed by atoms with E-state index in [1.165, 1.54) is 24.3 Å². The Morgan fingerprint density at radius 2 is 1.63 bits per heavy atom. The van der Waals surface area contributed by atoms with E-state index < -0.39 is 4.92 Å². The fraction of sp³-hybridized carbons (Fsp3) is 0.0952. The molecule has 0 saturated heterocycles. The van der Waals surface area contributed by atoms with Crippen molar-refractivity contribution >= 4 is 40.6 Å². The van der Waals surface area contributed by atoms with Crippen molar-refractivity contribution in [3.63, 3.8) is 0 Å². The second kappa shape index (κ2) is 9.66. The second-order valence-corrected chi connectivity index (χ2v) is 7.18. The van der Waals surface area contributed by atoms with Crippen molar-refractivity contribution in [2.75, 3.05) is 16.9 Å². The summed E-state index contributed by atoms with van der Waals surface area (Å²) in [4.78, 5) is 36.0. The van der Waals surface area contributed by atoms with Crippen LogP contribution in [0, 0.1) is 10.1 Å². The zero-order chi connectivity index (χ0) is 21.5. The highest BCUT2D eigenvalue weighted by atomic mass is 32.2. The number of carbonyl (C=O) groups excluding carboxylic acids is 2. The molecular formula is C21H19N4O4S+. The molecule has 9 heteroatoms. The van der Waals surface area contributed by atoms with E-state index >= 15 is 0 Å². The van der Waals surface area contributed by atoms with Gasteiger partial charge in [0.15, 0.2) is 12.4 Å². The standard InChI is InChI=1S/C21H18N4O4S/c1-30-19-10-6-17(7-11-19)23-21(27)15-3-2-12-24(13-15)14-20(26)22-16-4-8-18(9-5-16)25(28)29/h2-13H,14H2,1H3,(H-,22,23,26,27)/p+1. The van der Waals surface area contributed by atoms with Gasteiger partial charge in [-0.1, -0.05) is 0 Å². The number of pyridine rings is 1. The molecule has 0 bridgehead atoms. The molecule has 2 aromatic carbocycles. The number of carbonyl (C=O) groups is 2. The average molecular weight is 423 g/mol. The minimum Gasteiger partial charge on any atom is -0.322 e. The van der Waals surface area contributed by atoms with Gasteiger partial charge in [-0.05, 0) is 48.7 Å². The number of hydrogen-bond acceptors (Lipinski definition) is 5. The molecule has 0 radical (unpaired) electrons. The predicted octanol–water partition coefficient (Wildman–Crippen LogP) is 3.50. The van der Waals surface area contributed by atoms with Gasteiger partial charge in [0.25, 0.3) is 17.5 Å². The van der Waals surface area contributed by atoms with Crippen LogP contribution in [0.2, 0.25) is 0 Å². The lowest BCUT2D eigenvalue weighted by Gasteiger charge is -2.06. The lowest BCUT2D eigenvalue weighted by molar-refractivity contribution is -0.684. The van der Waals surface area contributed by atoms with Crippen LogP contribution >= 0.6 is 11.8 Å². The SMILES string of the molecule is CSc1ccc(NC(=O)c2ccc[n+](CC(=O)Nc3ccc([N+](=O)[O-])cc3)c2)cc1. The molecule has 0 fully saturated rings. The highest BCUT2D eigenvalue weighted by molar-refractivity contribution is 7.98. The van der Waals surface area contributed by atoms with Crippen LogP contribution in [0.25, 0.3) is 0 Å². The quantitative estimate of drug-likeness (QED) is 0.262. The summed E-state index contributed by atoms with van der Waals surface area (Å²) < 4.78 is 1.59. The van der Waals surface area contributed by atoms with E-state index in [9.17, 15) is 19.7 Å². The lowest BCUT2D eigenvalue weighted by atomic mass is 10.2. The third-order valence-corrected chi connectivity index (χ3v) is 4.90. The number of hydrogen-bond donors (Lipinski definition) is 2. The first-order valence-electron chi connectivity index (χ1n) is 8.93. The van der Waals surface area contributed by atoms with E-state index in [4.69, 9.17) is 0 Å². The highest BCUT2D eigenvalue weighted by Crippen LogP contribution is 2.18. The first-order chi connectivity index (χ1) is 14.4. The number of nitrogens with one attached hydrogen (secondary N) is 2. The number of non-ortho nitro benzene ring substituents is 1. The zero-order valence-corrected chi connectivity index (χ0v) is 16.9. The molecule has 0 unspecified atom stereocenters. The molecule has 2 N–H and O–H groups in total. The molecule has 0 saturated carbocycles. The van der Waals surface area contributed by atoms with Crippen LogP contribution < -0.4 is 15.2 Å². The van der Waals surface area contributed by atoms with Crippen LogP contribution in [0.3, 0.4) is 0 Å². The number of nitro benzene ring substituents is 1. The van der Waals surface area contributed by atoms with Gasteiger partial charge in [0, 0.05) is 34.5 Å². The summed E-state index contributed by atoms with van der Waals surface area (Å²) in [5, 5.41) is 16.2. The smallest absolute Gasteiger partial charge is 0.290 e. The lowest BCUT2D eigenvalue weighted by Crippen LogP contribution is -2.40. The van der Waals surface area contributed by atoms with E-state index in [0.717, 1.165) is 4.90 Å². The molecule has 1 aromatic heterocycles. The van der Waals surface area contributed by atoms with Crippen LogP contribution in [0.4, 0.5) is 17.1 Å². The summed E-state index contributed by atoms with van der Waals surface area (Å²) in [7, 11) is 0. The number of nitro groups is 1. The van der Waals surface area contributed by atoms with Crippen molar-refractivity contribution in [1.82, 2.24) is 0 Å². The van der Waals surface area contributed by atoms with Gasteiger partial charge in [0.1, 0.15) is 5.56 Å². The molecule has 0 atom stereocenters. The van der Waals surface area contributed by atoms with Crippen LogP contribution in [0.5, 0.6) is 0 Å². The van der Waals surface area contributed by atoms with Gasteiger partial charge in [-0.2, -0.15) is 4.57 Å². The van der Waals surface area contributed by atoms with E-state index in [1.54, 1.807) is 40.9 Å². The van der Waals surface area contributed by atoms with Gasteiger partial charge in [-0.15, -0.1) is 11.8 Å². The Balaban J connectivity index is 1.61. The summed E-state index contributed by atoms with van der Waals surface area (Å²) in [5.41, 5.74) is 1.50. The van der Waals surface area contributed by atoms with Crippen molar-refractivity contribution in [2.24, 2.45) is 0 Å². The Bertz CT molecular complexity index is 1070. The Hall–Kier alpha value is -3.72. The molecule has 3 rings (SSSR count). The zero-order valence-electron chi connectivity index (χ0n) is 16.1. The summed E-state index contributed by atoms with van der Waals surface area (Å²) in [6, 6.07) is 16.4. The van der Waals surface area contributed by atoms with Crippen molar-refractivity contribution in [3.05, 3.63) is 88.7 Å². The summed E-state index contributed by atoms with van der Waals surface area (Å²) >= 11 is 1.62. The summed E-state index contributed by atoms with van der Waals surface area (Å²) in [6.07, 6.45) is 5.24. The molecule has 0 aliphatic heterocycles. The average Bonchev–Trinajstić information content (AvgIpc) is 2.74. The molecule has 0 aliphatic carbocycles. The van der Waals surface area contributed by atoms with E-state index in [1.807, 2.05) is 30.5 Å². The fourth-order valence-electron chi connectivity index (χ4n) is 2.67. The van der Waals surface area contributed by atoms with Crippen LogP contribution in [-0.2, 0) is 11.3 Å². The maximum atomic E-state index is 12.5. The molecule has 8 nitrogen and oxygen atoms in total. The molecule has 0 aliphatic rings. The van der Waals surface area contributed by atoms with E-state index in [-0.39, 0.29) is 24.0 Å². The summed E-state index contributed by atoms with van der Waals surface area (Å²) in [5.74, 6) is -0.601. The molecule has 3 aromatic rings. The number of rotatable bonds is 7. The molecular weight excluding hydrogens is 404 g/mol. The van der Waals surface area contributed by atoms with Crippen molar-refractivity contribution in [3.8, 4) is 0 Å². The van der Waals surface area contributed by atoms with Gasteiger partial charge in [0.05, 0.1) is 4.92 Å². The third-order valence-electron chi connectivity index (χ3n) is 4.16. The van der Waals surface area contributed by atoms with Gasteiger partial charge in [-0.25, -0.2) is 0 Å². The van der Waals surface area contributed by atoms with E-state index in [2.05, 4.69) is 10.6 Å². The van der Waals surface area contributed by atoms with Crippen LogP contribution in [0.1, 0.15) is 10.4 Å². The molecule has 152 valence electrons. The predicted molar refractivity (Wildman–Crippen MR) is 115 cm³/mol. The highest BCUT2D eigenvalue weighted by Gasteiger charge is 2.15. The number of nitrogens with zero attached hydrogens (tertiary/aromatic N) is 2. The fourth-order valence-corrected chi connectivity index (χ4v) is 3.07. The molecule has 30 heavy (non-hydrogen) atoms. The third kappa shape index (κ3) is 5.65. The minimum absolute atomic E-state index is 0.0134. The first-order valence-corrected chi connectivity index (χ1v) is 10.2. The number of amides is 2. The van der Waals surface area contributed by atoms with Gasteiger partial charge in [-0.3, -0.25) is 19.7 Å². The van der Waals surface area contributed by atoms with E-state index in [0.29, 0.717) is 16.9 Å². The minimum atomic E-state index is -0.505. The van der Waals surface area contributed by atoms with Crippen molar-refractivity contribution < 1.29 is 19.1 Å². The normalized spacial score (nSPS) is 10.3. The monoisotopic (exact) mass is 423 g/mol. The maximum Gasteiger partial charge on any atom is 0.290 e. The molecule has 2 amide bonds. The number of aromatic nitrogens is 1. The Morgan fingerprint density at radius 1 is 1.00 bits per heavy atom. The van der Waals surface area contributed by atoms with Crippen LogP contribution in [0.15, 0.2) is 78.0 Å². The number of thioether (sulfide) groups is 1. The number of anilines is 2. The van der Waals surface area contributed by atoms with Crippen molar-refractivity contribution in [1.29, 1.82) is 0 Å². The van der Waals surface area contributed by atoms with Crippen LogP contribution in [-0.4, -0.2) is 23.0 Å². The van der Waals surface area contributed by atoms with Gasteiger partial charge >= 0.3 is 0 Å².